The number of rotatable bonds is 10. The predicted octanol–water partition coefficient (Wildman–Crippen LogP) is 5.15. The smallest absolute Gasteiger partial charge is 0.308 e. The van der Waals surface area contributed by atoms with Crippen molar-refractivity contribution in [1.29, 1.82) is 0 Å². The average molecular weight is 517 g/mol. The molecule has 1 aliphatic carbocycles. The quantitative estimate of drug-likeness (QED) is 0.378. The van der Waals surface area contributed by atoms with E-state index in [0.29, 0.717) is 35.2 Å². The Labute approximate surface area is 218 Å². The highest BCUT2D eigenvalue weighted by Gasteiger charge is 2.27. The van der Waals surface area contributed by atoms with Gasteiger partial charge in [-0.3, -0.25) is 9.59 Å². The maximum atomic E-state index is 12.7. The van der Waals surface area contributed by atoms with Crippen LogP contribution < -0.4 is 15.4 Å². The van der Waals surface area contributed by atoms with E-state index in [2.05, 4.69) is 10.6 Å². The predicted molar refractivity (Wildman–Crippen MR) is 142 cm³/mol. The van der Waals surface area contributed by atoms with Crippen LogP contribution in [0.1, 0.15) is 67.1 Å². The normalized spacial score (nSPS) is 19.2. The van der Waals surface area contributed by atoms with Crippen LogP contribution in [0.3, 0.4) is 0 Å². The highest BCUT2D eigenvalue weighted by atomic mass is 35.5. The second-order valence-corrected chi connectivity index (χ2v) is 10.0. The second kappa shape index (κ2) is 13.0. The first-order valence-electron chi connectivity index (χ1n) is 12.5. The van der Waals surface area contributed by atoms with Gasteiger partial charge in [0, 0.05) is 17.7 Å². The first-order chi connectivity index (χ1) is 17.2. The molecule has 8 heteroatoms. The lowest BCUT2D eigenvalue weighted by molar-refractivity contribution is -0.146. The summed E-state index contributed by atoms with van der Waals surface area (Å²) in [6, 6.07) is 11.0. The van der Waals surface area contributed by atoms with Gasteiger partial charge in [-0.2, -0.15) is 0 Å². The maximum absolute atomic E-state index is 12.7. The van der Waals surface area contributed by atoms with Gasteiger partial charge in [0.15, 0.2) is 0 Å². The summed E-state index contributed by atoms with van der Waals surface area (Å²) in [7, 11) is 3.06. The molecule has 1 amide bonds. The van der Waals surface area contributed by atoms with Crippen molar-refractivity contribution < 1.29 is 24.2 Å². The summed E-state index contributed by atoms with van der Waals surface area (Å²) in [5.41, 5.74) is 3.18. The molecular formula is C28H37ClN2O5. The molecular weight excluding hydrogens is 480 g/mol. The highest BCUT2D eigenvalue weighted by Crippen LogP contribution is 2.33. The van der Waals surface area contributed by atoms with E-state index in [1.54, 1.807) is 32.2 Å². The summed E-state index contributed by atoms with van der Waals surface area (Å²) in [5.74, 6) is 0.771. The van der Waals surface area contributed by atoms with Crippen LogP contribution in [-0.4, -0.2) is 43.9 Å². The lowest BCUT2D eigenvalue weighted by atomic mass is 9.82. The largest absolute Gasteiger partial charge is 0.496 e. The van der Waals surface area contributed by atoms with Gasteiger partial charge in [0.25, 0.3) is 5.91 Å². The van der Waals surface area contributed by atoms with Gasteiger partial charge in [-0.15, -0.1) is 0 Å². The van der Waals surface area contributed by atoms with Gasteiger partial charge >= 0.3 is 5.97 Å². The van der Waals surface area contributed by atoms with E-state index in [-0.39, 0.29) is 23.8 Å². The number of ether oxygens (including phenoxy) is 2. The van der Waals surface area contributed by atoms with Gasteiger partial charge < -0.3 is 25.2 Å². The minimum atomic E-state index is -0.433. The SMILES string of the molecule is COC(=O)C1CCC(CNC(=O)c2ccc(N[C@@H](C)c3cc(CC(C)O)ccc3OC)c(Cl)c2)CC1. The molecule has 1 unspecified atom stereocenters. The van der Waals surface area contributed by atoms with E-state index in [1.807, 2.05) is 25.1 Å². The molecule has 0 bridgehead atoms. The zero-order valence-corrected chi connectivity index (χ0v) is 22.2. The van der Waals surface area contributed by atoms with E-state index in [1.165, 1.54) is 7.11 Å². The van der Waals surface area contributed by atoms with Crippen molar-refractivity contribution in [3.63, 3.8) is 0 Å². The molecule has 0 aromatic heterocycles. The molecule has 2 aromatic carbocycles. The van der Waals surface area contributed by atoms with Crippen LogP contribution in [0, 0.1) is 11.8 Å². The second-order valence-electron chi connectivity index (χ2n) is 9.64. The Hall–Kier alpha value is -2.77. The number of esters is 1. The summed E-state index contributed by atoms with van der Waals surface area (Å²) in [4.78, 5) is 24.4. The number of halogens is 1. The molecule has 0 saturated heterocycles. The van der Waals surface area contributed by atoms with E-state index in [4.69, 9.17) is 21.1 Å². The molecule has 0 heterocycles. The molecule has 3 N–H and O–H groups in total. The lowest BCUT2D eigenvalue weighted by Gasteiger charge is -2.27. The van der Waals surface area contributed by atoms with E-state index < -0.39 is 6.10 Å². The molecule has 3 rings (SSSR count). The Balaban J connectivity index is 1.59. The molecule has 0 spiro atoms. The fourth-order valence-electron chi connectivity index (χ4n) is 4.78. The first-order valence-corrected chi connectivity index (χ1v) is 12.9. The van der Waals surface area contributed by atoms with Crippen LogP contribution in [-0.2, 0) is 16.0 Å². The monoisotopic (exact) mass is 516 g/mol. The minimum absolute atomic E-state index is 0.0242. The van der Waals surface area contributed by atoms with E-state index in [9.17, 15) is 14.7 Å². The maximum Gasteiger partial charge on any atom is 0.308 e. The number of benzene rings is 2. The third kappa shape index (κ3) is 7.37. The van der Waals surface area contributed by atoms with Crippen molar-refractivity contribution >= 4 is 29.2 Å². The van der Waals surface area contributed by atoms with Crippen molar-refractivity contribution in [1.82, 2.24) is 5.32 Å². The van der Waals surface area contributed by atoms with Crippen molar-refractivity contribution in [3.8, 4) is 5.75 Å². The number of amides is 1. The van der Waals surface area contributed by atoms with Gasteiger partial charge in [-0.05, 0) is 87.8 Å². The Kier molecular flexibility index (Phi) is 10.0. The molecule has 0 radical (unpaired) electrons. The Bertz CT molecular complexity index is 1050. The van der Waals surface area contributed by atoms with Crippen LogP contribution in [0.5, 0.6) is 5.75 Å². The molecule has 0 aliphatic heterocycles. The van der Waals surface area contributed by atoms with Crippen molar-refractivity contribution in [2.24, 2.45) is 11.8 Å². The average Bonchev–Trinajstić information content (AvgIpc) is 2.87. The number of hydrogen-bond donors (Lipinski definition) is 3. The highest BCUT2D eigenvalue weighted by molar-refractivity contribution is 6.33. The molecule has 36 heavy (non-hydrogen) atoms. The number of anilines is 1. The lowest BCUT2D eigenvalue weighted by Crippen LogP contribution is -2.32. The van der Waals surface area contributed by atoms with Crippen molar-refractivity contribution in [2.75, 3.05) is 26.1 Å². The summed E-state index contributed by atoms with van der Waals surface area (Å²) in [6.07, 6.45) is 3.50. The molecule has 196 valence electrons. The van der Waals surface area contributed by atoms with Crippen LogP contribution in [0.2, 0.25) is 5.02 Å². The number of carbonyl (C=O) groups is 2. The van der Waals surface area contributed by atoms with Gasteiger partial charge in [-0.25, -0.2) is 0 Å². The van der Waals surface area contributed by atoms with Crippen molar-refractivity contribution in [2.45, 2.75) is 58.1 Å². The zero-order valence-electron chi connectivity index (χ0n) is 21.5. The minimum Gasteiger partial charge on any atom is -0.496 e. The third-order valence-electron chi connectivity index (χ3n) is 6.83. The standard InChI is InChI=1S/C28H37ClN2O5/c1-17(32)13-20-7-12-26(35-3)23(14-20)18(2)31-25-11-10-22(15-24(25)29)27(33)30-16-19-5-8-21(9-6-19)28(34)36-4/h7,10-12,14-15,17-19,21,31-32H,5-6,8-9,13,16H2,1-4H3,(H,30,33)/t17?,18-,19?,21?/m0/s1. The molecule has 2 aromatic rings. The number of aliphatic hydroxyl groups is 1. The first kappa shape index (κ1) is 27.8. The van der Waals surface area contributed by atoms with Crippen LogP contribution in [0.15, 0.2) is 36.4 Å². The topological polar surface area (TPSA) is 96.9 Å². The summed E-state index contributed by atoms with van der Waals surface area (Å²) < 4.78 is 10.4. The van der Waals surface area contributed by atoms with E-state index >= 15 is 0 Å². The Morgan fingerprint density at radius 1 is 1.08 bits per heavy atom. The number of carbonyl (C=O) groups excluding carboxylic acids is 2. The van der Waals surface area contributed by atoms with Gasteiger partial charge in [0.1, 0.15) is 5.75 Å². The molecule has 7 nitrogen and oxygen atoms in total. The third-order valence-corrected chi connectivity index (χ3v) is 7.14. The fourth-order valence-corrected chi connectivity index (χ4v) is 5.02. The Morgan fingerprint density at radius 2 is 1.81 bits per heavy atom. The number of methoxy groups -OCH3 is 2. The summed E-state index contributed by atoms with van der Waals surface area (Å²) in [5, 5.41) is 16.6. The number of aliphatic hydroxyl groups excluding tert-OH is 1. The molecule has 1 aliphatic rings. The molecule has 2 atom stereocenters. The van der Waals surface area contributed by atoms with Gasteiger partial charge in [0.05, 0.1) is 43.0 Å². The molecule has 1 fully saturated rings. The van der Waals surface area contributed by atoms with E-state index in [0.717, 1.165) is 42.6 Å². The Morgan fingerprint density at radius 3 is 2.42 bits per heavy atom. The van der Waals surface area contributed by atoms with Crippen LogP contribution in [0.25, 0.3) is 0 Å². The zero-order chi connectivity index (χ0) is 26.2. The number of hydrogen-bond acceptors (Lipinski definition) is 6. The van der Waals surface area contributed by atoms with Crippen molar-refractivity contribution in [3.05, 3.63) is 58.1 Å². The molecule has 1 saturated carbocycles. The fraction of sp³-hybridized carbons (Fsp3) is 0.500. The number of nitrogens with one attached hydrogen (secondary N) is 2. The van der Waals surface area contributed by atoms with Crippen LogP contribution >= 0.6 is 11.6 Å². The summed E-state index contributed by atoms with van der Waals surface area (Å²) in [6.45, 7) is 4.35. The van der Waals surface area contributed by atoms with Crippen LogP contribution in [0.4, 0.5) is 5.69 Å². The summed E-state index contributed by atoms with van der Waals surface area (Å²) >= 11 is 6.54. The van der Waals surface area contributed by atoms with Gasteiger partial charge in [-0.1, -0.05) is 17.7 Å². The van der Waals surface area contributed by atoms with Gasteiger partial charge in [0.2, 0.25) is 0 Å².